The van der Waals surface area contributed by atoms with Gasteiger partial charge in [-0.25, -0.2) is 4.98 Å². The first-order valence-electron chi connectivity index (χ1n) is 5.51. The van der Waals surface area contributed by atoms with Gasteiger partial charge >= 0.3 is 0 Å². The van der Waals surface area contributed by atoms with Crippen LogP contribution in [-0.2, 0) is 4.74 Å². The highest BCUT2D eigenvalue weighted by molar-refractivity contribution is 6.29. The number of carbonyl (C=O) groups excluding carboxylic acids is 1. The minimum atomic E-state index is -0.146. The summed E-state index contributed by atoms with van der Waals surface area (Å²) in [7, 11) is 1.78. The van der Waals surface area contributed by atoms with Gasteiger partial charge in [-0.1, -0.05) is 11.6 Å². The predicted octanol–water partition coefficient (Wildman–Crippen LogP) is 1.38. The third-order valence-electron chi connectivity index (χ3n) is 2.88. The monoisotopic (exact) mass is 255 g/mol. The highest BCUT2D eigenvalue weighted by Gasteiger charge is 2.24. The Morgan fingerprint density at radius 1 is 1.47 bits per heavy atom. The predicted molar refractivity (Wildman–Crippen MR) is 63.0 cm³/mol. The number of halogens is 1. The standard InChI is InChI=1S/C11H14ClN3O2/c1-15(8-2-4-17-5-3-8)11(16)9-6-13-7-10(12)14-9/h6-8H,2-5H2,1H3. The number of hydrogen-bond acceptors (Lipinski definition) is 4. The highest BCUT2D eigenvalue weighted by Crippen LogP contribution is 2.15. The Morgan fingerprint density at radius 2 is 2.18 bits per heavy atom. The molecule has 0 radical (unpaired) electrons. The summed E-state index contributed by atoms with van der Waals surface area (Å²) in [6, 6.07) is 0.206. The second-order valence-corrected chi connectivity index (χ2v) is 4.37. The van der Waals surface area contributed by atoms with Crippen LogP contribution in [0.15, 0.2) is 12.4 Å². The van der Waals surface area contributed by atoms with Gasteiger partial charge in [0.1, 0.15) is 10.8 Å². The molecular weight excluding hydrogens is 242 g/mol. The van der Waals surface area contributed by atoms with Crippen LogP contribution in [0.4, 0.5) is 0 Å². The maximum atomic E-state index is 12.1. The molecule has 0 atom stereocenters. The molecule has 0 aromatic carbocycles. The minimum absolute atomic E-state index is 0.146. The molecule has 1 aliphatic heterocycles. The number of ether oxygens (including phenoxy) is 1. The van der Waals surface area contributed by atoms with Crippen LogP contribution in [-0.4, -0.2) is 47.1 Å². The molecule has 0 unspecified atom stereocenters. The number of nitrogens with zero attached hydrogens (tertiary/aromatic N) is 3. The summed E-state index contributed by atoms with van der Waals surface area (Å²) >= 11 is 5.72. The maximum absolute atomic E-state index is 12.1. The van der Waals surface area contributed by atoms with Crippen molar-refractivity contribution in [1.29, 1.82) is 0 Å². The summed E-state index contributed by atoms with van der Waals surface area (Å²) in [6.07, 6.45) is 4.56. The lowest BCUT2D eigenvalue weighted by molar-refractivity contribution is 0.0358. The molecule has 0 saturated carbocycles. The zero-order valence-electron chi connectivity index (χ0n) is 9.60. The topological polar surface area (TPSA) is 55.3 Å². The molecule has 0 aliphatic carbocycles. The van der Waals surface area contributed by atoms with Crippen molar-refractivity contribution in [3.8, 4) is 0 Å². The van der Waals surface area contributed by atoms with Gasteiger partial charge in [-0.2, -0.15) is 0 Å². The van der Waals surface area contributed by atoms with Crippen LogP contribution in [0.2, 0.25) is 5.15 Å². The zero-order valence-corrected chi connectivity index (χ0v) is 10.4. The molecule has 1 aromatic rings. The summed E-state index contributed by atoms with van der Waals surface area (Å²) in [5, 5.41) is 0.233. The number of amides is 1. The summed E-state index contributed by atoms with van der Waals surface area (Å²) in [4.78, 5) is 21.7. The van der Waals surface area contributed by atoms with Gasteiger partial charge in [0.2, 0.25) is 0 Å². The first kappa shape index (κ1) is 12.3. The Morgan fingerprint density at radius 3 is 2.82 bits per heavy atom. The van der Waals surface area contributed by atoms with Crippen LogP contribution in [0, 0.1) is 0 Å². The van der Waals surface area contributed by atoms with Crippen LogP contribution in [0.5, 0.6) is 0 Å². The number of hydrogen-bond donors (Lipinski definition) is 0. The van der Waals surface area contributed by atoms with Gasteiger partial charge < -0.3 is 9.64 Å². The first-order valence-corrected chi connectivity index (χ1v) is 5.88. The second-order valence-electron chi connectivity index (χ2n) is 3.99. The molecule has 1 aromatic heterocycles. The van der Waals surface area contributed by atoms with Crippen molar-refractivity contribution in [1.82, 2.24) is 14.9 Å². The van der Waals surface area contributed by atoms with Crippen molar-refractivity contribution in [2.24, 2.45) is 0 Å². The Hall–Kier alpha value is -1.20. The Balaban J connectivity index is 2.08. The molecule has 92 valence electrons. The van der Waals surface area contributed by atoms with Gasteiger partial charge in [-0.05, 0) is 12.8 Å². The van der Waals surface area contributed by atoms with E-state index >= 15 is 0 Å². The molecule has 6 heteroatoms. The van der Waals surface area contributed by atoms with E-state index in [0.29, 0.717) is 13.2 Å². The van der Waals surface area contributed by atoms with Gasteiger partial charge in [0.15, 0.2) is 0 Å². The molecule has 2 heterocycles. The molecule has 0 bridgehead atoms. The number of rotatable bonds is 2. The average Bonchev–Trinajstić information content (AvgIpc) is 2.38. The van der Waals surface area contributed by atoms with Crippen LogP contribution in [0.3, 0.4) is 0 Å². The van der Waals surface area contributed by atoms with Gasteiger partial charge in [0, 0.05) is 26.3 Å². The van der Waals surface area contributed by atoms with Crippen molar-refractivity contribution >= 4 is 17.5 Å². The van der Waals surface area contributed by atoms with Gasteiger partial charge in [0.25, 0.3) is 5.91 Å². The van der Waals surface area contributed by atoms with E-state index in [1.54, 1.807) is 11.9 Å². The fourth-order valence-electron chi connectivity index (χ4n) is 1.86. The van der Waals surface area contributed by atoms with E-state index in [1.807, 2.05) is 0 Å². The summed E-state index contributed by atoms with van der Waals surface area (Å²) in [5.74, 6) is -0.146. The molecule has 17 heavy (non-hydrogen) atoms. The second kappa shape index (κ2) is 5.42. The fraction of sp³-hybridized carbons (Fsp3) is 0.545. The van der Waals surface area contributed by atoms with Crippen molar-refractivity contribution in [2.75, 3.05) is 20.3 Å². The van der Waals surface area contributed by atoms with E-state index in [-0.39, 0.29) is 22.8 Å². The van der Waals surface area contributed by atoms with E-state index in [2.05, 4.69) is 9.97 Å². The summed E-state index contributed by atoms with van der Waals surface area (Å²) in [5.41, 5.74) is 0.284. The molecule has 2 rings (SSSR count). The normalized spacial score (nSPS) is 16.8. The molecule has 1 aliphatic rings. The molecule has 0 spiro atoms. The quantitative estimate of drug-likeness (QED) is 0.801. The Bertz CT molecular complexity index is 407. The van der Waals surface area contributed by atoms with Crippen molar-refractivity contribution in [3.05, 3.63) is 23.2 Å². The lowest BCUT2D eigenvalue weighted by atomic mass is 10.1. The van der Waals surface area contributed by atoms with Crippen LogP contribution in [0.1, 0.15) is 23.3 Å². The summed E-state index contributed by atoms with van der Waals surface area (Å²) in [6.45, 7) is 1.40. The Kier molecular flexibility index (Phi) is 3.91. The molecular formula is C11H14ClN3O2. The van der Waals surface area contributed by atoms with Crippen molar-refractivity contribution < 1.29 is 9.53 Å². The third kappa shape index (κ3) is 2.92. The van der Waals surface area contributed by atoms with Crippen LogP contribution >= 0.6 is 11.6 Å². The largest absolute Gasteiger partial charge is 0.381 e. The first-order chi connectivity index (χ1) is 8.18. The highest BCUT2D eigenvalue weighted by atomic mass is 35.5. The lowest BCUT2D eigenvalue weighted by Gasteiger charge is -2.30. The van der Waals surface area contributed by atoms with Crippen molar-refractivity contribution in [3.63, 3.8) is 0 Å². The average molecular weight is 256 g/mol. The van der Waals surface area contributed by atoms with Gasteiger partial charge in [0.05, 0.1) is 12.4 Å². The molecule has 1 fully saturated rings. The minimum Gasteiger partial charge on any atom is -0.381 e. The zero-order chi connectivity index (χ0) is 12.3. The molecule has 5 nitrogen and oxygen atoms in total. The maximum Gasteiger partial charge on any atom is 0.274 e. The molecule has 0 N–H and O–H groups in total. The molecule has 1 saturated heterocycles. The van der Waals surface area contributed by atoms with E-state index in [1.165, 1.54) is 12.4 Å². The van der Waals surface area contributed by atoms with Gasteiger partial charge in [-0.3, -0.25) is 9.78 Å². The van der Waals surface area contributed by atoms with Gasteiger partial charge in [-0.15, -0.1) is 0 Å². The smallest absolute Gasteiger partial charge is 0.274 e. The van der Waals surface area contributed by atoms with Crippen LogP contribution < -0.4 is 0 Å². The number of aromatic nitrogens is 2. The molecule has 1 amide bonds. The summed E-state index contributed by atoms with van der Waals surface area (Å²) < 4.78 is 5.27. The lowest BCUT2D eigenvalue weighted by Crippen LogP contribution is -2.41. The third-order valence-corrected chi connectivity index (χ3v) is 3.07. The Labute approximate surface area is 105 Å². The van der Waals surface area contributed by atoms with E-state index in [9.17, 15) is 4.79 Å². The number of carbonyl (C=O) groups is 1. The van der Waals surface area contributed by atoms with E-state index in [4.69, 9.17) is 16.3 Å². The van der Waals surface area contributed by atoms with Crippen LogP contribution in [0.25, 0.3) is 0 Å². The fourth-order valence-corrected chi connectivity index (χ4v) is 2.01. The van der Waals surface area contributed by atoms with E-state index < -0.39 is 0 Å². The SMILES string of the molecule is CN(C(=O)c1cncc(Cl)n1)C1CCOCC1. The van der Waals surface area contributed by atoms with Crippen molar-refractivity contribution in [2.45, 2.75) is 18.9 Å². The van der Waals surface area contributed by atoms with E-state index in [0.717, 1.165) is 12.8 Å².